The van der Waals surface area contributed by atoms with E-state index < -0.39 is 0 Å². The van der Waals surface area contributed by atoms with E-state index in [1.54, 1.807) is 6.07 Å². The fourth-order valence-electron chi connectivity index (χ4n) is 2.34. The van der Waals surface area contributed by atoms with Crippen molar-refractivity contribution < 1.29 is 0 Å². The molecule has 0 aliphatic heterocycles. The molecule has 0 unspecified atom stereocenters. The molecular weight excluding hydrogens is 282 g/mol. The highest BCUT2D eigenvalue weighted by molar-refractivity contribution is 7.99. The van der Waals surface area contributed by atoms with Crippen LogP contribution in [0.3, 0.4) is 0 Å². The minimum Gasteiger partial charge on any atom is -0.397 e. The quantitative estimate of drug-likeness (QED) is 0.881. The van der Waals surface area contributed by atoms with Gasteiger partial charge >= 0.3 is 0 Å². The molecule has 2 N–H and O–H groups in total. The monoisotopic (exact) mass is 295 g/mol. The van der Waals surface area contributed by atoms with E-state index in [4.69, 9.17) is 17.3 Å². The number of nitrogens with two attached hydrogens (primary N) is 1. The number of hydrogen-bond donors (Lipinski definition) is 1. The van der Waals surface area contributed by atoms with Gasteiger partial charge in [-0.3, -0.25) is 0 Å². The zero-order valence-electron chi connectivity index (χ0n) is 10.3. The lowest BCUT2D eigenvalue weighted by molar-refractivity contribution is 0.423. The van der Waals surface area contributed by atoms with E-state index in [9.17, 15) is 0 Å². The molecule has 0 spiro atoms. The number of anilines is 1. The second kappa shape index (κ2) is 5.38. The van der Waals surface area contributed by atoms with Gasteiger partial charge in [-0.1, -0.05) is 30.5 Å². The van der Waals surface area contributed by atoms with Crippen LogP contribution in [0.2, 0.25) is 5.02 Å². The highest BCUT2D eigenvalue weighted by Gasteiger charge is 2.22. The molecule has 1 heterocycles. The SMILES string of the molecule is Nc1c(Cl)cccc1Sc1nnnn1C1CCCC1. The van der Waals surface area contributed by atoms with Gasteiger partial charge in [0.1, 0.15) is 0 Å². The molecule has 0 bridgehead atoms. The minimum absolute atomic E-state index is 0.415. The van der Waals surface area contributed by atoms with Crippen molar-refractivity contribution in [1.82, 2.24) is 20.2 Å². The van der Waals surface area contributed by atoms with Gasteiger partial charge in [0.25, 0.3) is 0 Å². The van der Waals surface area contributed by atoms with Crippen LogP contribution in [0.5, 0.6) is 0 Å². The smallest absolute Gasteiger partial charge is 0.214 e. The van der Waals surface area contributed by atoms with E-state index in [0.29, 0.717) is 16.8 Å². The Bertz CT molecular complexity index is 579. The lowest BCUT2D eigenvalue weighted by Crippen LogP contribution is -2.08. The summed E-state index contributed by atoms with van der Waals surface area (Å²) in [6.45, 7) is 0. The number of tetrazole rings is 1. The third kappa shape index (κ3) is 2.55. The van der Waals surface area contributed by atoms with Crippen molar-refractivity contribution in [1.29, 1.82) is 0 Å². The standard InChI is InChI=1S/C12H14ClN5S/c13-9-6-3-7-10(11(9)14)19-12-15-16-17-18(12)8-4-1-2-5-8/h3,6-8H,1-2,4-5,14H2. The molecule has 7 heteroatoms. The van der Waals surface area contributed by atoms with E-state index in [2.05, 4.69) is 15.5 Å². The van der Waals surface area contributed by atoms with Crippen LogP contribution in [0.25, 0.3) is 0 Å². The van der Waals surface area contributed by atoms with E-state index in [1.165, 1.54) is 24.6 Å². The highest BCUT2D eigenvalue weighted by atomic mass is 35.5. The third-order valence-corrected chi connectivity index (χ3v) is 4.70. The second-order valence-corrected chi connectivity index (χ2v) is 6.01. The summed E-state index contributed by atoms with van der Waals surface area (Å²) in [7, 11) is 0. The van der Waals surface area contributed by atoms with E-state index in [1.807, 2.05) is 16.8 Å². The van der Waals surface area contributed by atoms with Gasteiger partial charge in [-0.25, -0.2) is 4.68 Å². The van der Waals surface area contributed by atoms with Gasteiger partial charge in [-0.2, -0.15) is 0 Å². The molecule has 2 aromatic rings. The molecule has 1 aliphatic rings. The molecule has 0 atom stereocenters. The molecular formula is C12H14ClN5S. The zero-order valence-corrected chi connectivity index (χ0v) is 11.9. The Kier molecular flexibility index (Phi) is 3.61. The van der Waals surface area contributed by atoms with Crippen molar-refractivity contribution in [2.45, 2.75) is 41.8 Å². The second-order valence-electron chi connectivity index (χ2n) is 4.60. The minimum atomic E-state index is 0.415. The molecule has 1 saturated carbocycles. The first kappa shape index (κ1) is 12.7. The predicted octanol–water partition coefficient (Wildman–Crippen LogP) is 3.18. The molecule has 100 valence electrons. The topological polar surface area (TPSA) is 69.6 Å². The number of nitrogen functional groups attached to an aromatic ring is 1. The highest BCUT2D eigenvalue weighted by Crippen LogP contribution is 2.37. The third-order valence-electron chi connectivity index (χ3n) is 3.35. The van der Waals surface area contributed by atoms with Crippen molar-refractivity contribution >= 4 is 29.1 Å². The first-order chi connectivity index (χ1) is 9.25. The Labute approximate surface area is 120 Å². The molecule has 19 heavy (non-hydrogen) atoms. The fraction of sp³-hybridized carbons (Fsp3) is 0.417. The van der Waals surface area contributed by atoms with Gasteiger partial charge in [-0.05, 0) is 47.2 Å². The molecule has 0 amide bonds. The maximum Gasteiger partial charge on any atom is 0.214 e. The molecule has 0 radical (unpaired) electrons. The Morgan fingerprint density at radius 1 is 1.32 bits per heavy atom. The summed E-state index contributed by atoms with van der Waals surface area (Å²) < 4.78 is 1.91. The van der Waals surface area contributed by atoms with Gasteiger partial charge in [0, 0.05) is 4.90 Å². The molecule has 3 rings (SSSR count). The maximum atomic E-state index is 6.02. The molecule has 1 fully saturated rings. The van der Waals surface area contributed by atoms with Crippen molar-refractivity contribution in [3.05, 3.63) is 23.2 Å². The van der Waals surface area contributed by atoms with Crippen molar-refractivity contribution in [2.24, 2.45) is 0 Å². The number of para-hydroxylation sites is 1. The van der Waals surface area contributed by atoms with Crippen LogP contribution in [-0.4, -0.2) is 20.2 Å². The summed E-state index contributed by atoms with van der Waals surface area (Å²) in [6.07, 6.45) is 4.77. The summed E-state index contributed by atoms with van der Waals surface area (Å²) in [5, 5.41) is 13.3. The molecule has 1 aliphatic carbocycles. The number of nitrogens with zero attached hydrogens (tertiary/aromatic N) is 4. The van der Waals surface area contributed by atoms with E-state index in [-0.39, 0.29) is 0 Å². The van der Waals surface area contributed by atoms with Gasteiger partial charge < -0.3 is 5.73 Å². The number of aromatic nitrogens is 4. The van der Waals surface area contributed by atoms with E-state index >= 15 is 0 Å². The summed E-state index contributed by atoms with van der Waals surface area (Å²) in [5.74, 6) is 0. The number of hydrogen-bond acceptors (Lipinski definition) is 5. The van der Waals surface area contributed by atoms with Crippen LogP contribution in [-0.2, 0) is 0 Å². The fourth-order valence-corrected chi connectivity index (χ4v) is 3.49. The molecule has 5 nitrogen and oxygen atoms in total. The van der Waals surface area contributed by atoms with Gasteiger partial charge in [-0.15, -0.1) is 5.10 Å². The van der Waals surface area contributed by atoms with E-state index in [0.717, 1.165) is 22.9 Å². The molecule has 1 aromatic carbocycles. The van der Waals surface area contributed by atoms with Gasteiger partial charge in [0.15, 0.2) is 0 Å². The largest absolute Gasteiger partial charge is 0.397 e. The number of benzene rings is 1. The average Bonchev–Trinajstić information content (AvgIpc) is 3.05. The number of halogens is 1. The predicted molar refractivity (Wildman–Crippen MR) is 75.3 cm³/mol. The van der Waals surface area contributed by atoms with Crippen molar-refractivity contribution in [3.8, 4) is 0 Å². The normalized spacial score (nSPS) is 16.1. The molecule has 1 aromatic heterocycles. The van der Waals surface area contributed by atoms with Crippen molar-refractivity contribution in [2.75, 3.05) is 5.73 Å². The Morgan fingerprint density at radius 3 is 2.89 bits per heavy atom. The van der Waals surface area contributed by atoms with Gasteiger partial charge in [0.05, 0.1) is 16.8 Å². The van der Waals surface area contributed by atoms with Crippen LogP contribution < -0.4 is 5.73 Å². The summed E-state index contributed by atoms with van der Waals surface area (Å²) in [6, 6.07) is 6.00. The first-order valence-electron chi connectivity index (χ1n) is 6.25. The average molecular weight is 296 g/mol. The summed E-state index contributed by atoms with van der Waals surface area (Å²) in [4.78, 5) is 0.890. The van der Waals surface area contributed by atoms with Crippen LogP contribution in [0, 0.1) is 0 Å². The maximum absolute atomic E-state index is 6.02. The molecule has 0 saturated heterocycles. The first-order valence-corrected chi connectivity index (χ1v) is 7.45. The van der Waals surface area contributed by atoms with Gasteiger partial charge in [0.2, 0.25) is 5.16 Å². The van der Waals surface area contributed by atoms with Crippen molar-refractivity contribution in [3.63, 3.8) is 0 Å². The van der Waals surface area contributed by atoms with Crippen LogP contribution in [0.4, 0.5) is 5.69 Å². The zero-order chi connectivity index (χ0) is 13.2. The lowest BCUT2D eigenvalue weighted by atomic mass is 10.3. The summed E-state index contributed by atoms with van der Waals surface area (Å²) in [5.41, 5.74) is 6.55. The Morgan fingerprint density at radius 2 is 2.11 bits per heavy atom. The number of rotatable bonds is 3. The summed E-state index contributed by atoms with van der Waals surface area (Å²) >= 11 is 7.49. The lowest BCUT2D eigenvalue weighted by Gasteiger charge is -2.11. The van der Waals surface area contributed by atoms with Crippen LogP contribution in [0.1, 0.15) is 31.7 Å². The Hall–Kier alpha value is -1.27. The van der Waals surface area contributed by atoms with Crippen LogP contribution in [0.15, 0.2) is 28.3 Å². The Balaban J connectivity index is 1.87. The van der Waals surface area contributed by atoms with Crippen LogP contribution >= 0.6 is 23.4 Å².